The summed E-state index contributed by atoms with van der Waals surface area (Å²) >= 11 is 0. The summed E-state index contributed by atoms with van der Waals surface area (Å²) in [5.41, 5.74) is 7.10. The quantitative estimate of drug-likeness (QED) is 0.252. The topological polar surface area (TPSA) is 18.5 Å². The first-order valence-corrected chi connectivity index (χ1v) is 11.6. The molecule has 4 aromatic carbocycles. The van der Waals surface area contributed by atoms with E-state index in [4.69, 9.17) is 9.47 Å². The van der Waals surface area contributed by atoms with Crippen LogP contribution < -0.4 is 9.47 Å². The number of rotatable bonds is 8. The molecule has 0 N–H and O–H groups in total. The van der Waals surface area contributed by atoms with Crippen LogP contribution in [0.1, 0.15) is 36.1 Å². The van der Waals surface area contributed by atoms with E-state index in [0.717, 1.165) is 29.2 Å². The van der Waals surface area contributed by atoms with Gasteiger partial charge in [-0.15, -0.1) is 6.58 Å². The van der Waals surface area contributed by atoms with Gasteiger partial charge in [0.05, 0.1) is 7.11 Å². The van der Waals surface area contributed by atoms with Crippen molar-refractivity contribution in [2.75, 3.05) is 7.11 Å². The van der Waals surface area contributed by atoms with Crippen LogP contribution in [0.2, 0.25) is 0 Å². The number of hydrogen-bond acceptors (Lipinski definition) is 2. The molecule has 0 spiro atoms. The Morgan fingerprint density at radius 3 is 1.85 bits per heavy atom. The van der Waals surface area contributed by atoms with Gasteiger partial charge in [0.25, 0.3) is 0 Å². The van der Waals surface area contributed by atoms with Crippen LogP contribution >= 0.6 is 0 Å². The number of methoxy groups -OCH3 is 1. The van der Waals surface area contributed by atoms with Crippen LogP contribution in [0, 0.1) is 6.92 Å². The monoisotopic (exact) mass is 448 g/mol. The minimum atomic E-state index is -0.130. The molecule has 0 heterocycles. The Bertz CT molecular complexity index is 1250. The smallest absolute Gasteiger partial charge is 0.130 e. The minimum Gasteiger partial charge on any atom is -0.497 e. The highest BCUT2D eigenvalue weighted by atomic mass is 16.5. The Hall–Kier alpha value is -3.78. The summed E-state index contributed by atoms with van der Waals surface area (Å²) in [4.78, 5) is 0. The molecule has 2 nitrogen and oxygen atoms in total. The molecule has 0 aromatic heterocycles. The highest BCUT2D eigenvalue weighted by molar-refractivity contribution is 5.66. The Labute approximate surface area is 203 Å². The second kappa shape index (κ2) is 10.0. The van der Waals surface area contributed by atoms with Crippen LogP contribution in [0.5, 0.6) is 17.2 Å². The molecule has 0 fully saturated rings. The van der Waals surface area contributed by atoms with Gasteiger partial charge in [0.2, 0.25) is 0 Å². The number of benzene rings is 4. The number of hydrogen-bond donors (Lipinski definition) is 0. The average Bonchev–Trinajstić information content (AvgIpc) is 2.86. The summed E-state index contributed by atoms with van der Waals surface area (Å²) < 4.78 is 11.6. The van der Waals surface area contributed by atoms with Crippen molar-refractivity contribution in [3.63, 3.8) is 0 Å². The molecule has 0 bridgehead atoms. The van der Waals surface area contributed by atoms with E-state index in [-0.39, 0.29) is 5.41 Å². The Kier molecular flexibility index (Phi) is 6.88. The van der Waals surface area contributed by atoms with Gasteiger partial charge < -0.3 is 9.47 Å². The predicted octanol–water partition coefficient (Wildman–Crippen LogP) is 8.52. The zero-order valence-electron chi connectivity index (χ0n) is 20.5. The molecular weight excluding hydrogens is 416 g/mol. The molecule has 172 valence electrons. The maximum absolute atomic E-state index is 6.31. The first-order chi connectivity index (χ1) is 16.4. The molecule has 0 aliphatic heterocycles. The van der Waals surface area contributed by atoms with Crippen LogP contribution in [-0.4, -0.2) is 7.11 Å². The van der Waals surface area contributed by atoms with E-state index in [2.05, 4.69) is 94.1 Å². The van der Waals surface area contributed by atoms with Gasteiger partial charge in [-0.3, -0.25) is 0 Å². The zero-order chi connectivity index (χ0) is 24.1. The summed E-state index contributed by atoms with van der Waals surface area (Å²) in [5, 5.41) is 0. The van der Waals surface area contributed by atoms with Crippen LogP contribution in [-0.2, 0) is 11.8 Å². The van der Waals surface area contributed by atoms with Crippen LogP contribution in [0.25, 0.3) is 11.1 Å². The molecule has 0 saturated heterocycles. The Balaban J connectivity index is 1.56. The fourth-order valence-corrected chi connectivity index (χ4v) is 4.16. The molecule has 0 unspecified atom stereocenters. The van der Waals surface area contributed by atoms with Crippen molar-refractivity contribution in [3.8, 4) is 28.4 Å². The van der Waals surface area contributed by atoms with Gasteiger partial charge in [0.1, 0.15) is 17.2 Å². The summed E-state index contributed by atoms with van der Waals surface area (Å²) in [6.45, 7) is 10.5. The molecular formula is C32H32O2. The van der Waals surface area contributed by atoms with Crippen molar-refractivity contribution in [3.05, 3.63) is 126 Å². The molecule has 0 aliphatic carbocycles. The predicted molar refractivity (Wildman–Crippen MR) is 142 cm³/mol. The Morgan fingerprint density at radius 1 is 0.735 bits per heavy atom. The zero-order valence-corrected chi connectivity index (χ0v) is 20.5. The molecule has 0 atom stereocenters. The van der Waals surface area contributed by atoms with E-state index in [0.29, 0.717) is 0 Å². The lowest BCUT2D eigenvalue weighted by atomic mass is 9.78. The van der Waals surface area contributed by atoms with Gasteiger partial charge in [-0.05, 0) is 77.6 Å². The van der Waals surface area contributed by atoms with Gasteiger partial charge >= 0.3 is 0 Å². The maximum Gasteiger partial charge on any atom is 0.130 e. The second-order valence-corrected chi connectivity index (χ2v) is 9.16. The van der Waals surface area contributed by atoms with Crippen LogP contribution in [0.4, 0.5) is 0 Å². The van der Waals surface area contributed by atoms with Crippen LogP contribution in [0.3, 0.4) is 0 Å². The van der Waals surface area contributed by atoms with Crippen molar-refractivity contribution in [2.45, 2.75) is 32.6 Å². The van der Waals surface area contributed by atoms with Gasteiger partial charge in [-0.2, -0.15) is 0 Å². The first kappa shape index (κ1) is 23.4. The number of ether oxygens (including phenoxy) is 2. The maximum atomic E-state index is 6.31. The first-order valence-electron chi connectivity index (χ1n) is 11.6. The average molecular weight is 449 g/mol. The largest absolute Gasteiger partial charge is 0.497 e. The van der Waals surface area contributed by atoms with Crippen molar-refractivity contribution >= 4 is 0 Å². The van der Waals surface area contributed by atoms with E-state index in [9.17, 15) is 0 Å². The highest BCUT2D eigenvalue weighted by Crippen LogP contribution is 2.35. The van der Waals surface area contributed by atoms with Crippen molar-refractivity contribution in [2.24, 2.45) is 0 Å². The van der Waals surface area contributed by atoms with Crippen molar-refractivity contribution in [1.29, 1.82) is 0 Å². The normalized spacial score (nSPS) is 11.2. The molecule has 4 aromatic rings. The molecule has 2 heteroatoms. The van der Waals surface area contributed by atoms with Gasteiger partial charge in [-0.25, -0.2) is 0 Å². The summed E-state index contributed by atoms with van der Waals surface area (Å²) in [6, 6.07) is 31.6. The molecule has 4 rings (SSSR count). The number of allylic oxidation sites excluding steroid dienone is 1. The fourth-order valence-electron chi connectivity index (χ4n) is 4.16. The third-order valence-electron chi connectivity index (χ3n) is 6.43. The van der Waals surface area contributed by atoms with Gasteiger partial charge in [0.15, 0.2) is 0 Å². The van der Waals surface area contributed by atoms with Crippen molar-refractivity contribution in [1.82, 2.24) is 0 Å². The highest BCUT2D eigenvalue weighted by Gasteiger charge is 2.23. The van der Waals surface area contributed by atoms with E-state index in [1.54, 1.807) is 7.11 Å². The lowest BCUT2D eigenvalue weighted by molar-refractivity contribution is 0.414. The van der Waals surface area contributed by atoms with E-state index in [1.165, 1.54) is 27.8 Å². The Morgan fingerprint density at radius 2 is 1.29 bits per heavy atom. The molecule has 34 heavy (non-hydrogen) atoms. The van der Waals surface area contributed by atoms with Crippen molar-refractivity contribution < 1.29 is 9.47 Å². The fraction of sp³-hybridized carbons (Fsp3) is 0.188. The lowest BCUT2D eigenvalue weighted by Gasteiger charge is -2.26. The summed E-state index contributed by atoms with van der Waals surface area (Å²) in [5.74, 6) is 2.55. The van der Waals surface area contributed by atoms with Crippen LogP contribution in [0.15, 0.2) is 104 Å². The standard InChI is InChI=1S/C32H32O2/c1-6-7-26-22-25(24-10-8-23(2)9-11-24)12-21-31(26)34-30-19-15-28(16-20-30)32(3,4)27-13-17-29(33-5)18-14-27/h6,8-22H,1,7H2,2-5H3. The minimum absolute atomic E-state index is 0.130. The molecule has 0 aliphatic rings. The SMILES string of the molecule is C=CCc1cc(-c2ccc(C)cc2)ccc1Oc1ccc(C(C)(C)c2ccc(OC)cc2)cc1. The van der Waals surface area contributed by atoms with E-state index >= 15 is 0 Å². The summed E-state index contributed by atoms with van der Waals surface area (Å²) in [6.07, 6.45) is 2.67. The molecule has 0 amide bonds. The molecule has 0 radical (unpaired) electrons. The van der Waals surface area contributed by atoms with Gasteiger partial charge in [-0.1, -0.05) is 80.1 Å². The van der Waals surface area contributed by atoms with E-state index in [1.807, 2.05) is 30.3 Å². The third kappa shape index (κ3) is 5.07. The van der Waals surface area contributed by atoms with E-state index < -0.39 is 0 Å². The van der Waals surface area contributed by atoms with Gasteiger partial charge in [0, 0.05) is 5.41 Å². The second-order valence-electron chi connectivity index (χ2n) is 9.16. The third-order valence-corrected chi connectivity index (χ3v) is 6.43. The summed E-state index contributed by atoms with van der Waals surface area (Å²) in [7, 11) is 1.69. The molecule has 0 saturated carbocycles. The number of aryl methyl sites for hydroxylation is 1. The lowest BCUT2D eigenvalue weighted by Crippen LogP contribution is -2.18.